The molecule has 110 valence electrons. The van der Waals surface area contributed by atoms with Gasteiger partial charge in [-0.05, 0) is 18.2 Å². The SMILES string of the molecule is N/C(=N/O)c1cccc(COc2cc(Cl)ccc2Cl)c1F. The molecular weight excluding hydrogens is 318 g/mol. The van der Waals surface area contributed by atoms with Crippen LogP contribution in [0.1, 0.15) is 11.1 Å². The zero-order chi connectivity index (χ0) is 15.4. The summed E-state index contributed by atoms with van der Waals surface area (Å²) in [5.41, 5.74) is 5.64. The highest BCUT2D eigenvalue weighted by Crippen LogP contribution is 2.28. The van der Waals surface area contributed by atoms with E-state index in [0.717, 1.165) is 0 Å². The van der Waals surface area contributed by atoms with Crippen LogP contribution in [-0.2, 0) is 6.61 Å². The number of ether oxygens (including phenoxy) is 1. The van der Waals surface area contributed by atoms with Crippen LogP contribution in [0.3, 0.4) is 0 Å². The first-order valence-electron chi connectivity index (χ1n) is 5.86. The van der Waals surface area contributed by atoms with Crippen LogP contribution in [0, 0.1) is 5.82 Å². The molecule has 2 aromatic rings. The fourth-order valence-corrected chi connectivity index (χ4v) is 2.02. The highest BCUT2D eigenvalue weighted by molar-refractivity contribution is 6.34. The van der Waals surface area contributed by atoms with Crippen molar-refractivity contribution in [1.82, 2.24) is 0 Å². The fraction of sp³-hybridized carbons (Fsp3) is 0.0714. The van der Waals surface area contributed by atoms with Gasteiger partial charge < -0.3 is 15.7 Å². The van der Waals surface area contributed by atoms with Gasteiger partial charge in [0.15, 0.2) is 5.84 Å². The summed E-state index contributed by atoms with van der Waals surface area (Å²) in [5.74, 6) is -0.584. The molecule has 0 aliphatic rings. The first kappa shape index (κ1) is 15.4. The Balaban J connectivity index is 2.23. The minimum atomic E-state index is -0.619. The monoisotopic (exact) mass is 328 g/mol. The third kappa shape index (κ3) is 3.56. The van der Waals surface area contributed by atoms with Gasteiger partial charge in [0.25, 0.3) is 0 Å². The number of rotatable bonds is 4. The van der Waals surface area contributed by atoms with E-state index >= 15 is 0 Å². The molecule has 0 saturated carbocycles. The van der Waals surface area contributed by atoms with Gasteiger partial charge in [0, 0.05) is 16.7 Å². The first-order chi connectivity index (χ1) is 10.0. The zero-order valence-corrected chi connectivity index (χ0v) is 12.2. The van der Waals surface area contributed by atoms with Gasteiger partial charge in [-0.3, -0.25) is 0 Å². The van der Waals surface area contributed by atoms with Crippen LogP contribution in [0.2, 0.25) is 10.0 Å². The lowest BCUT2D eigenvalue weighted by Gasteiger charge is -2.10. The van der Waals surface area contributed by atoms with Crippen molar-refractivity contribution in [3.63, 3.8) is 0 Å². The largest absolute Gasteiger partial charge is 0.487 e. The molecule has 0 aromatic heterocycles. The summed E-state index contributed by atoms with van der Waals surface area (Å²) in [4.78, 5) is 0. The van der Waals surface area contributed by atoms with Crippen LogP contribution in [0.4, 0.5) is 4.39 Å². The maximum Gasteiger partial charge on any atom is 0.173 e. The van der Waals surface area contributed by atoms with Gasteiger partial charge in [-0.25, -0.2) is 4.39 Å². The number of halogens is 3. The van der Waals surface area contributed by atoms with E-state index in [9.17, 15) is 4.39 Å². The van der Waals surface area contributed by atoms with Gasteiger partial charge in [-0.1, -0.05) is 40.5 Å². The lowest BCUT2D eigenvalue weighted by atomic mass is 10.1. The molecule has 0 spiro atoms. The Bertz CT molecular complexity index is 693. The predicted molar refractivity (Wildman–Crippen MR) is 79.7 cm³/mol. The Hall–Kier alpha value is -1.98. The van der Waals surface area contributed by atoms with Crippen LogP contribution in [-0.4, -0.2) is 11.0 Å². The number of hydrogen-bond donors (Lipinski definition) is 2. The van der Waals surface area contributed by atoms with Crippen molar-refractivity contribution >= 4 is 29.0 Å². The molecule has 0 heterocycles. The molecule has 0 aliphatic heterocycles. The summed E-state index contributed by atoms with van der Waals surface area (Å²) in [6, 6.07) is 9.25. The van der Waals surface area contributed by atoms with Gasteiger partial charge in [0.2, 0.25) is 0 Å². The Morgan fingerprint density at radius 3 is 2.76 bits per heavy atom. The molecule has 4 nitrogen and oxygen atoms in total. The summed E-state index contributed by atoms with van der Waals surface area (Å²) < 4.78 is 19.6. The fourth-order valence-electron chi connectivity index (χ4n) is 1.69. The molecular formula is C14H11Cl2FN2O2. The van der Waals surface area contributed by atoms with Crippen LogP contribution >= 0.6 is 23.2 Å². The molecule has 2 aromatic carbocycles. The summed E-state index contributed by atoms with van der Waals surface area (Å²) in [6.45, 7) is -0.0710. The normalized spacial score (nSPS) is 11.5. The van der Waals surface area contributed by atoms with Crippen molar-refractivity contribution in [3.05, 3.63) is 63.4 Å². The van der Waals surface area contributed by atoms with Crippen molar-refractivity contribution in [1.29, 1.82) is 0 Å². The van der Waals surface area contributed by atoms with E-state index in [1.165, 1.54) is 18.2 Å². The second-order valence-electron chi connectivity index (χ2n) is 4.13. The minimum Gasteiger partial charge on any atom is -0.487 e. The van der Waals surface area contributed by atoms with E-state index in [2.05, 4.69) is 5.16 Å². The van der Waals surface area contributed by atoms with E-state index in [1.807, 2.05) is 0 Å². The molecule has 0 fully saturated rings. The molecule has 0 atom stereocenters. The predicted octanol–water partition coefficient (Wildman–Crippen LogP) is 3.81. The second kappa shape index (κ2) is 6.65. The Morgan fingerprint density at radius 1 is 1.29 bits per heavy atom. The molecule has 7 heteroatoms. The minimum absolute atomic E-state index is 0.00390. The van der Waals surface area contributed by atoms with Crippen LogP contribution in [0.15, 0.2) is 41.6 Å². The van der Waals surface area contributed by atoms with Crippen LogP contribution in [0.25, 0.3) is 0 Å². The Labute approximate surface area is 130 Å². The van der Waals surface area contributed by atoms with Crippen LogP contribution < -0.4 is 10.5 Å². The molecule has 0 bridgehead atoms. The van der Waals surface area contributed by atoms with E-state index in [-0.39, 0.29) is 23.6 Å². The topological polar surface area (TPSA) is 67.8 Å². The molecule has 0 saturated heterocycles. The summed E-state index contributed by atoms with van der Waals surface area (Å²) >= 11 is 11.8. The van der Waals surface area contributed by atoms with Crippen LogP contribution in [0.5, 0.6) is 5.75 Å². The summed E-state index contributed by atoms with van der Waals surface area (Å²) in [6.07, 6.45) is 0. The van der Waals surface area contributed by atoms with Gasteiger partial charge in [0.1, 0.15) is 18.2 Å². The molecule has 0 aliphatic carbocycles. The second-order valence-corrected chi connectivity index (χ2v) is 4.97. The lowest BCUT2D eigenvalue weighted by molar-refractivity contribution is 0.299. The standard InChI is InChI=1S/C14H11Cl2FN2O2/c15-9-4-5-11(16)12(6-9)21-7-8-2-1-3-10(13(8)17)14(18)19-20/h1-6,20H,7H2,(H2,18,19). The highest BCUT2D eigenvalue weighted by Gasteiger charge is 2.12. The van der Waals surface area contributed by atoms with Gasteiger partial charge in [-0.15, -0.1) is 0 Å². The van der Waals surface area contributed by atoms with E-state index in [0.29, 0.717) is 15.8 Å². The maximum atomic E-state index is 14.2. The average molecular weight is 329 g/mol. The molecule has 3 N–H and O–H groups in total. The maximum absolute atomic E-state index is 14.2. The van der Waals surface area contributed by atoms with Crippen molar-refractivity contribution in [3.8, 4) is 5.75 Å². The zero-order valence-electron chi connectivity index (χ0n) is 10.7. The van der Waals surface area contributed by atoms with Gasteiger partial charge >= 0.3 is 0 Å². The van der Waals surface area contributed by atoms with Crippen molar-refractivity contribution in [2.75, 3.05) is 0 Å². The average Bonchev–Trinajstić information content (AvgIpc) is 2.48. The Morgan fingerprint density at radius 2 is 2.05 bits per heavy atom. The number of nitrogens with two attached hydrogens (primary N) is 1. The smallest absolute Gasteiger partial charge is 0.173 e. The number of benzene rings is 2. The van der Waals surface area contributed by atoms with E-state index < -0.39 is 5.82 Å². The highest BCUT2D eigenvalue weighted by atomic mass is 35.5. The molecule has 2 rings (SSSR count). The van der Waals surface area contributed by atoms with E-state index in [1.54, 1.807) is 18.2 Å². The number of amidine groups is 1. The summed E-state index contributed by atoms with van der Waals surface area (Å²) in [5, 5.41) is 12.2. The van der Waals surface area contributed by atoms with Crippen molar-refractivity contribution < 1.29 is 14.3 Å². The van der Waals surface area contributed by atoms with Gasteiger partial charge in [0.05, 0.1) is 10.6 Å². The lowest BCUT2D eigenvalue weighted by Crippen LogP contribution is -2.16. The molecule has 0 unspecified atom stereocenters. The van der Waals surface area contributed by atoms with Crippen molar-refractivity contribution in [2.24, 2.45) is 10.9 Å². The molecule has 0 radical (unpaired) electrons. The molecule has 21 heavy (non-hydrogen) atoms. The Kier molecular flexibility index (Phi) is 4.88. The quantitative estimate of drug-likeness (QED) is 0.388. The number of hydrogen-bond acceptors (Lipinski definition) is 3. The third-order valence-electron chi connectivity index (χ3n) is 2.74. The van der Waals surface area contributed by atoms with Gasteiger partial charge in [-0.2, -0.15) is 0 Å². The first-order valence-corrected chi connectivity index (χ1v) is 6.61. The van der Waals surface area contributed by atoms with E-state index in [4.69, 9.17) is 38.9 Å². The number of nitrogens with zero attached hydrogens (tertiary/aromatic N) is 1. The third-order valence-corrected chi connectivity index (χ3v) is 3.29. The summed E-state index contributed by atoms with van der Waals surface area (Å²) in [7, 11) is 0. The van der Waals surface area contributed by atoms with Crippen molar-refractivity contribution in [2.45, 2.75) is 6.61 Å². The molecule has 0 amide bonds. The number of oxime groups is 1.